The van der Waals surface area contributed by atoms with Gasteiger partial charge in [-0.15, -0.1) is 0 Å². The number of carbonyl (C=O) groups excluding carboxylic acids is 1. The van der Waals surface area contributed by atoms with E-state index in [0.717, 1.165) is 19.3 Å². The Bertz CT molecular complexity index is 506. The quantitative estimate of drug-likeness (QED) is 0.0700. The van der Waals surface area contributed by atoms with Crippen molar-refractivity contribution in [2.24, 2.45) is 0 Å². The molecule has 0 fully saturated rings. The summed E-state index contributed by atoms with van der Waals surface area (Å²) in [6, 6.07) is 0. The fraction of sp³-hybridized carbons (Fsp3) is 0.938. The summed E-state index contributed by atoms with van der Waals surface area (Å²) in [6.07, 6.45) is 0.403. The van der Waals surface area contributed by atoms with Crippen molar-refractivity contribution < 1.29 is 71.9 Å². The molecule has 162 valence electrons. The average Bonchev–Trinajstić information content (AvgIpc) is 2.62. The maximum Gasteiger partial charge on any atom is 1.00 e. The molecule has 0 aromatic carbocycles. The number of nitrogens with one attached hydrogen (secondary N) is 1. The average molecular weight is 437 g/mol. The van der Waals surface area contributed by atoms with E-state index in [1.807, 2.05) is 0 Å². The molecule has 12 heteroatoms. The molecular weight excluding hydrogens is 405 g/mol. The molecule has 0 heterocycles. The third-order valence-electron chi connectivity index (χ3n) is 4.05. The van der Waals surface area contributed by atoms with Gasteiger partial charge in [0.1, 0.15) is 18.3 Å². The molecule has 0 saturated carbocycles. The SMILES string of the molecule is CCCCCCCCCCNC(=O)[C@H](O)[C@@H](O)[C@H](O)[C@H](O)COS(=O)(=O)[O-].[Na+]. The molecule has 0 rings (SSSR count). The maximum absolute atomic E-state index is 11.7. The maximum atomic E-state index is 11.7. The Balaban J connectivity index is 0. The van der Waals surface area contributed by atoms with E-state index in [4.69, 9.17) is 0 Å². The van der Waals surface area contributed by atoms with Gasteiger partial charge in [-0.25, -0.2) is 8.42 Å². The van der Waals surface area contributed by atoms with Crippen molar-refractivity contribution in [3.63, 3.8) is 0 Å². The summed E-state index contributed by atoms with van der Waals surface area (Å²) in [4.78, 5) is 11.7. The van der Waals surface area contributed by atoms with Crippen molar-refractivity contribution in [3.8, 4) is 0 Å². The number of hydrogen-bond acceptors (Lipinski definition) is 9. The molecule has 0 aliphatic carbocycles. The fourth-order valence-electron chi connectivity index (χ4n) is 2.40. The molecule has 0 saturated heterocycles. The molecule has 0 aromatic rings. The molecule has 4 atom stereocenters. The summed E-state index contributed by atoms with van der Waals surface area (Å²) in [5, 5.41) is 40.9. The van der Waals surface area contributed by atoms with Crippen molar-refractivity contribution in [1.29, 1.82) is 0 Å². The molecule has 0 aliphatic heterocycles. The van der Waals surface area contributed by atoms with Gasteiger partial charge in [-0.05, 0) is 6.42 Å². The zero-order valence-electron chi connectivity index (χ0n) is 16.6. The summed E-state index contributed by atoms with van der Waals surface area (Å²) < 4.78 is 34.6. The summed E-state index contributed by atoms with van der Waals surface area (Å²) in [5.41, 5.74) is 0. The fourth-order valence-corrected chi connectivity index (χ4v) is 2.70. The van der Waals surface area contributed by atoms with Crippen molar-refractivity contribution in [2.45, 2.75) is 82.7 Å². The normalized spacial score (nSPS) is 15.9. The van der Waals surface area contributed by atoms with E-state index in [0.29, 0.717) is 6.42 Å². The summed E-state index contributed by atoms with van der Waals surface area (Å²) >= 11 is 0. The molecule has 0 unspecified atom stereocenters. The van der Waals surface area contributed by atoms with Gasteiger partial charge in [0.05, 0.1) is 6.61 Å². The third kappa shape index (κ3) is 15.1. The predicted molar refractivity (Wildman–Crippen MR) is 95.3 cm³/mol. The third-order valence-corrected chi connectivity index (χ3v) is 4.47. The molecular formula is C16H32NNaO9S. The number of amides is 1. The zero-order chi connectivity index (χ0) is 20.9. The largest absolute Gasteiger partial charge is 1.00 e. The van der Waals surface area contributed by atoms with Crippen molar-refractivity contribution >= 4 is 16.3 Å². The Morgan fingerprint density at radius 1 is 0.964 bits per heavy atom. The summed E-state index contributed by atoms with van der Waals surface area (Å²) in [5.74, 6) is -0.936. The van der Waals surface area contributed by atoms with Crippen molar-refractivity contribution in [2.75, 3.05) is 13.2 Å². The number of carbonyl (C=O) groups is 1. The molecule has 0 spiro atoms. The molecule has 28 heavy (non-hydrogen) atoms. The van der Waals surface area contributed by atoms with Crippen LogP contribution in [0.3, 0.4) is 0 Å². The molecule has 0 radical (unpaired) electrons. The van der Waals surface area contributed by atoms with Crippen molar-refractivity contribution in [3.05, 3.63) is 0 Å². The first-order valence-electron chi connectivity index (χ1n) is 9.20. The van der Waals surface area contributed by atoms with Gasteiger partial charge in [0.15, 0.2) is 6.10 Å². The molecule has 0 bridgehead atoms. The number of aliphatic hydroxyl groups excluding tert-OH is 4. The van der Waals surface area contributed by atoms with E-state index >= 15 is 0 Å². The summed E-state index contributed by atoms with van der Waals surface area (Å²) in [6.45, 7) is 1.32. The molecule has 1 amide bonds. The molecule has 5 N–H and O–H groups in total. The van der Waals surface area contributed by atoms with Crippen LogP contribution < -0.4 is 34.9 Å². The number of rotatable bonds is 16. The van der Waals surface area contributed by atoms with E-state index < -0.39 is 47.3 Å². The predicted octanol–water partition coefficient (Wildman–Crippen LogP) is -3.83. The number of unbranched alkanes of at least 4 members (excludes halogenated alkanes) is 7. The summed E-state index contributed by atoms with van der Waals surface area (Å²) in [7, 11) is -5.09. The molecule has 10 nitrogen and oxygen atoms in total. The van der Waals surface area contributed by atoms with Crippen LogP contribution >= 0.6 is 0 Å². The van der Waals surface area contributed by atoms with E-state index in [1.165, 1.54) is 25.7 Å². The van der Waals surface area contributed by atoms with Gasteiger partial charge < -0.3 is 30.3 Å². The first kappa shape index (κ1) is 30.4. The van der Waals surface area contributed by atoms with Crippen LogP contribution in [0.15, 0.2) is 0 Å². The van der Waals surface area contributed by atoms with Crippen LogP contribution in [0.4, 0.5) is 0 Å². The van der Waals surface area contributed by atoms with Crippen LogP contribution in [-0.2, 0) is 19.4 Å². The van der Waals surface area contributed by atoms with Crippen LogP contribution in [0.5, 0.6) is 0 Å². The molecule has 0 aromatic heterocycles. The minimum Gasteiger partial charge on any atom is -0.726 e. The van der Waals surface area contributed by atoms with Gasteiger partial charge >= 0.3 is 29.6 Å². The van der Waals surface area contributed by atoms with Gasteiger partial charge in [0.2, 0.25) is 10.4 Å². The second kappa shape index (κ2) is 16.9. The number of hydrogen-bond donors (Lipinski definition) is 5. The van der Waals surface area contributed by atoms with Crippen LogP contribution in [0.1, 0.15) is 58.3 Å². The Hall–Kier alpha value is 0.180. The van der Waals surface area contributed by atoms with Crippen LogP contribution in [0, 0.1) is 0 Å². The van der Waals surface area contributed by atoms with E-state index in [9.17, 15) is 38.2 Å². The monoisotopic (exact) mass is 437 g/mol. The Morgan fingerprint density at radius 3 is 1.96 bits per heavy atom. The van der Waals surface area contributed by atoms with Gasteiger partial charge in [0, 0.05) is 6.54 Å². The first-order chi connectivity index (χ1) is 12.6. The van der Waals surface area contributed by atoms with Crippen LogP contribution in [0.2, 0.25) is 0 Å². The van der Waals surface area contributed by atoms with E-state index in [1.54, 1.807) is 0 Å². The topological polar surface area (TPSA) is 176 Å². The minimum atomic E-state index is -5.09. The van der Waals surface area contributed by atoms with Gasteiger partial charge in [-0.1, -0.05) is 51.9 Å². The van der Waals surface area contributed by atoms with Crippen LogP contribution in [0.25, 0.3) is 0 Å². The minimum absolute atomic E-state index is 0. The Morgan fingerprint density at radius 2 is 1.46 bits per heavy atom. The zero-order valence-corrected chi connectivity index (χ0v) is 19.4. The second-order valence-electron chi connectivity index (χ2n) is 6.45. The van der Waals surface area contributed by atoms with E-state index in [-0.39, 0.29) is 36.1 Å². The van der Waals surface area contributed by atoms with Crippen molar-refractivity contribution in [1.82, 2.24) is 5.32 Å². The van der Waals surface area contributed by atoms with E-state index in [2.05, 4.69) is 16.4 Å². The van der Waals surface area contributed by atoms with Crippen LogP contribution in [-0.4, -0.2) is 76.9 Å². The first-order valence-corrected chi connectivity index (χ1v) is 10.5. The molecule has 0 aliphatic rings. The standard InChI is InChI=1S/C16H33NO9S.Na/c1-2-3-4-5-6-7-8-9-10-17-16(22)15(21)14(20)13(19)12(18)11-26-27(23,24)25;/h12-15,18-21H,2-11H2,1H3,(H,17,22)(H,23,24,25);/q;+1/p-1/t12-,13-,14+,15-;/m1./s1. The Kier molecular flexibility index (Phi) is 18.4. The number of aliphatic hydroxyl groups is 4. The van der Waals surface area contributed by atoms with Gasteiger partial charge in [0.25, 0.3) is 5.91 Å². The smallest absolute Gasteiger partial charge is 0.726 e. The Labute approximate surface area is 188 Å². The second-order valence-corrected chi connectivity index (χ2v) is 7.50. The van der Waals surface area contributed by atoms with Gasteiger partial charge in [-0.3, -0.25) is 8.98 Å². The van der Waals surface area contributed by atoms with Gasteiger partial charge in [-0.2, -0.15) is 0 Å².